The molecule has 0 bridgehead atoms. The van der Waals surface area contributed by atoms with Crippen LogP contribution in [0.4, 0.5) is 13.2 Å². The molecule has 2 heterocycles. The molecule has 0 saturated heterocycles. The quantitative estimate of drug-likeness (QED) is 0.681. The number of pyridine rings is 1. The van der Waals surface area contributed by atoms with Crippen LogP contribution in [0, 0.1) is 11.3 Å². The second-order valence-electron chi connectivity index (χ2n) is 4.49. The Kier molecular flexibility index (Phi) is 2.91. The van der Waals surface area contributed by atoms with Gasteiger partial charge in [-0.25, -0.2) is 4.98 Å². The Morgan fingerprint density at radius 3 is 2.43 bits per heavy atom. The lowest BCUT2D eigenvalue weighted by Crippen LogP contribution is -2.04. The first-order chi connectivity index (χ1) is 9.99. The van der Waals surface area contributed by atoms with E-state index in [4.69, 9.17) is 5.26 Å². The van der Waals surface area contributed by atoms with Crippen molar-refractivity contribution in [1.29, 1.82) is 5.26 Å². The molecule has 21 heavy (non-hydrogen) atoms. The molecule has 1 aromatic carbocycles. The molecule has 0 N–H and O–H groups in total. The molecule has 6 heteroatoms. The smallest absolute Gasteiger partial charge is 0.305 e. The van der Waals surface area contributed by atoms with E-state index in [2.05, 4.69) is 4.98 Å². The SMILES string of the molecule is N#Cc1cc(-c2ccc(C(F)(F)F)cc2)cn2ccnc12. The van der Waals surface area contributed by atoms with Gasteiger partial charge in [-0.3, -0.25) is 0 Å². The summed E-state index contributed by atoms with van der Waals surface area (Å²) in [6.45, 7) is 0. The first-order valence-electron chi connectivity index (χ1n) is 6.03. The van der Waals surface area contributed by atoms with E-state index < -0.39 is 11.7 Å². The van der Waals surface area contributed by atoms with E-state index >= 15 is 0 Å². The Labute approximate surface area is 117 Å². The van der Waals surface area contributed by atoms with Crippen LogP contribution >= 0.6 is 0 Å². The molecular weight excluding hydrogens is 279 g/mol. The molecule has 104 valence electrons. The van der Waals surface area contributed by atoms with E-state index in [1.54, 1.807) is 29.1 Å². The number of nitriles is 1. The summed E-state index contributed by atoms with van der Waals surface area (Å²) in [5.74, 6) is 0. The number of benzene rings is 1. The van der Waals surface area contributed by atoms with Crippen LogP contribution < -0.4 is 0 Å². The average molecular weight is 287 g/mol. The van der Waals surface area contributed by atoms with Crippen LogP contribution in [0.2, 0.25) is 0 Å². The summed E-state index contributed by atoms with van der Waals surface area (Å²) < 4.78 is 39.3. The van der Waals surface area contributed by atoms with Crippen LogP contribution in [-0.4, -0.2) is 9.38 Å². The topological polar surface area (TPSA) is 41.1 Å². The van der Waals surface area contributed by atoms with Gasteiger partial charge < -0.3 is 4.40 Å². The number of hydrogen-bond acceptors (Lipinski definition) is 2. The number of fused-ring (bicyclic) bond motifs is 1. The van der Waals surface area contributed by atoms with Gasteiger partial charge in [0.05, 0.1) is 11.1 Å². The second kappa shape index (κ2) is 4.63. The molecule has 0 unspecified atom stereocenters. The fourth-order valence-electron chi connectivity index (χ4n) is 2.12. The number of hydrogen-bond donors (Lipinski definition) is 0. The van der Waals surface area contributed by atoms with Crippen LogP contribution in [0.25, 0.3) is 16.8 Å². The zero-order chi connectivity index (χ0) is 15.0. The fourth-order valence-corrected chi connectivity index (χ4v) is 2.12. The van der Waals surface area contributed by atoms with Crippen molar-refractivity contribution in [3.63, 3.8) is 0 Å². The van der Waals surface area contributed by atoms with E-state index in [1.807, 2.05) is 6.07 Å². The first-order valence-corrected chi connectivity index (χ1v) is 6.03. The maximum Gasteiger partial charge on any atom is 0.416 e. The Morgan fingerprint density at radius 2 is 1.81 bits per heavy atom. The molecule has 2 aromatic heterocycles. The summed E-state index contributed by atoms with van der Waals surface area (Å²) in [6.07, 6.45) is 0.618. The number of halogens is 3. The summed E-state index contributed by atoms with van der Waals surface area (Å²) in [5.41, 5.74) is 1.46. The van der Waals surface area contributed by atoms with Crippen LogP contribution in [0.5, 0.6) is 0 Å². The third-order valence-corrected chi connectivity index (χ3v) is 3.15. The summed E-state index contributed by atoms with van der Waals surface area (Å²) in [4.78, 5) is 4.06. The third-order valence-electron chi connectivity index (χ3n) is 3.15. The zero-order valence-corrected chi connectivity index (χ0v) is 10.6. The van der Waals surface area contributed by atoms with Gasteiger partial charge in [0, 0.05) is 18.6 Å². The van der Waals surface area contributed by atoms with Gasteiger partial charge >= 0.3 is 6.18 Å². The van der Waals surface area contributed by atoms with Crippen molar-refractivity contribution in [2.45, 2.75) is 6.18 Å². The van der Waals surface area contributed by atoms with E-state index in [0.29, 0.717) is 22.3 Å². The van der Waals surface area contributed by atoms with Crippen molar-refractivity contribution >= 4 is 5.65 Å². The van der Waals surface area contributed by atoms with E-state index in [-0.39, 0.29) is 0 Å². The van der Waals surface area contributed by atoms with Gasteiger partial charge in [-0.1, -0.05) is 12.1 Å². The van der Waals surface area contributed by atoms with E-state index in [9.17, 15) is 13.2 Å². The van der Waals surface area contributed by atoms with Crippen molar-refractivity contribution in [2.75, 3.05) is 0 Å². The van der Waals surface area contributed by atoms with E-state index in [0.717, 1.165) is 12.1 Å². The molecule has 0 saturated carbocycles. The van der Waals surface area contributed by atoms with Crippen molar-refractivity contribution in [2.24, 2.45) is 0 Å². The number of nitrogens with zero attached hydrogens (tertiary/aromatic N) is 3. The van der Waals surface area contributed by atoms with Crippen molar-refractivity contribution < 1.29 is 13.2 Å². The van der Waals surface area contributed by atoms with Gasteiger partial charge in [0.2, 0.25) is 0 Å². The lowest BCUT2D eigenvalue weighted by Gasteiger charge is -2.08. The Morgan fingerprint density at radius 1 is 1.10 bits per heavy atom. The van der Waals surface area contributed by atoms with Gasteiger partial charge in [-0.15, -0.1) is 0 Å². The molecule has 0 amide bonds. The first kappa shape index (κ1) is 13.2. The van der Waals surface area contributed by atoms with Crippen molar-refractivity contribution in [3.05, 3.63) is 60.0 Å². The van der Waals surface area contributed by atoms with Gasteiger partial charge in [-0.05, 0) is 29.3 Å². The van der Waals surface area contributed by atoms with E-state index in [1.165, 1.54) is 12.1 Å². The molecule has 3 aromatic rings. The zero-order valence-electron chi connectivity index (χ0n) is 10.6. The highest BCUT2D eigenvalue weighted by Gasteiger charge is 2.29. The minimum absolute atomic E-state index is 0.373. The van der Waals surface area contributed by atoms with Crippen molar-refractivity contribution in [1.82, 2.24) is 9.38 Å². The summed E-state index contributed by atoms with van der Waals surface area (Å²) in [5, 5.41) is 9.12. The number of aromatic nitrogens is 2. The largest absolute Gasteiger partial charge is 0.416 e. The Bertz CT molecular complexity index is 839. The molecule has 0 aliphatic rings. The molecule has 3 rings (SSSR count). The fraction of sp³-hybridized carbons (Fsp3) is 0.0667. The predicted molar refractivity (Wildman–Crippen MR) is 70.3 cm³/mol. The number of imidazole rings is 1. The molecule has 0 atom stereocenters. The summed E-state index contributed by atoms with van der Waals surface area (Å²) in [7, 11) is 0. The lowest BCUT2D eigenvalue weighted by molar-refractivity contribution is -0.137. The highest BCUT2D eigenvalue weighted by atomic mass is 19.4. The highest BCUT2D eigenvalue weighted by Crippen LogP contribution is 2.31. The monoisotopic (exact) mass is 287 g/mol. The lowest BCUT2D eigenvalue weighted by atomic mass is 10.0. The summed E-state index contributed by atoms with van der Waals surface area (Å²) in [6, 6.07) is 8.49. The second-order valence-corrected chi connectivity index (χ2v) is 4.49. The molecular formula is C15H8F3N3. The molecule has 0 aliphatic carbocycles. The molecule has 0 spiro atoms. The van der Waals surface area contributed by atoms with Gasteiger partial charge in [0.1, 0.15) is 6.07 Å². The minimum atomic E-state index is -4.36. The maximum absolute atomic E-state index is 12.6. The van der Waals surface area contributed by atoms with Gasteiger partial charge in [0.15, 0.2) is 5.65 Å². The number of alkyl halides is 3. The maximum atomic E-state index is 12.6. The third kappa shape index (κ3) is 2.34. The van der Waals surface area contributed by atoms with Crippen molar-refractivity contribution in [3.8, 4) is 17.2 Å². The summed E-state index contributed by atoms with van der Waals surface area (Å²) >= 11 is 0. The minimum Gasteiger partial charge on any atom is -0.305 e. The van der Waals surface area contributed by atoms with Crippen LogP contribution in [0.3, 0.4) is 0 Å². The standard InChI is InChI=1S/C15H8F3N3/c16-15(17,18)13-3-1-10(2-4-13)12-7-11(8-19)14-20-5-6-21(14)9-12/h1-7,9H. The molecule has 0 aliphatic heterocycles. The molecule has 0 radical (unpaired) electrons. The average Bonchev–Trinajstić information content (AvgIpc) is 2.93. The normalized spacial score (nSPS) is 11.5. The molecule has 3 nitrogen and oxygen atoms in total. The molecule has 0 fully saturated rings. The van der Waals surface area contributed by atoms with Gasteiger partial charge in [-0.2, -0.15) is 18.4 Å². The van der Waals surface area contributed by atoms with Gasteiger partial charge in [0.25, 0.3) is 0 Å². The highest BCUT2D eigenvalue weighted by molar-refractivity contribution is 5.69. The van der Waals surface area contributed by atoms with Crippen LogP contribution in [-0.2, 0) is 6.18 Å². The van der Waals surface area contributed by atoms with Crippen LogP contribution in [0.1, 0.15) is 11.1 Å². The Balaban J connectivity index is 2.10. The number of rotatable bonds is 1. The Hall–Kier alpha value is -2.81. The van der Waals surface area contributed by atoms with Crippen LogP contribution in [0.15, 0.2) is 48.9 Å². The predicted octanol–water partition coefficient (Wildman–Crippen LogP) is 3.89.